The highest BCUT2D eigenvalue weighted by atomic mass is 16.6. The number of rotatable bonds is 8. The van der Waals surface area contributed by atoms with Gasteiger partial charge in [0.15, 0.2) is 0 Å². The third kappa shape index (κ3) is 6.66. The van der Waals surface area contributed by atoms with Gasteiger partial charge in [-0.15, -0.1) is 0 Å². The first-order valence-electron chi connectivity index (χ1n) is 10.1. The van der Waals surface area contributed by atoms with Gasteiger partial charge in [0.1, 0.15) is 18.6 Å². The molecule has 10 heteroatoms. The Balaban J connectivity index is 1.31. The van der Waals surface area contributed by atoms with E-state index in [1.54, 1.807) is 11.0 Å². The molecule has 1 aromatic carbocycles. The van der Waals surface area contributed by atoms with Gasteiger partial charge < -0.3 is 19.9 Å². The molecule has 1 aliphatic rings. The van der Waals surface area contributed by atoms with Crippen LogP contribution in [0.15, 0.2) is 48.7 Å². The standard InChI is InChI=1S/C21H25N5O5/c27-20(7-4-10-22-21(28)31-16-17-5-2-1-3-6-17)25-13-11-24(12-14-25)19-9-8-18(15-23-19)26(29)30/h1-3,5-6,8-9,15H,4,7,10-14,16H2,(H,22,28). The third-order valence-electron chi connectivity index (χ3n) is 4.95. The number of hydrogen-bond donors (Lipinski definition) is 1. The van der Waals surface area contributed by atoms with Crippen LogP contribution < -0.4 is 10.2 Å². The van der Waals surface area contributed by atoms with Crippen LogP contribution >= 0.6 is 0 Å². The molecule has 1 aliphatic heterocycles. The van der Waals surface area contributed by atoms with E-state index in [0.717, 1.165) is 5.56 Å². The summed E-state index contributed by atoms with van der Waals surface area (Å²) in [5.41, 5.74) is 0.867. The van der Waals surface area contributed by atoms with Crippen LogP contribution in [0.2, 0.25) is 0 Å². The van der Waals surface area contributed by atoms with E-state index in [-0.39, 0.29) is 18.2 Å². The van der Waals surface area contributed by atoms with Gasteiger partial charge in [0.25, 0.3) is 5.69 Å². The highest BCUT2D eigenvalue weighted by molar-refractivity contribution is 5.76. The van der Waals surface area contributed by atoms with Crippen molar-refractivity contribution >= 4 is 23.5 Å². The Labute approximate surface area is 180 Å². The first kappa shape index (κ1) is 22.0. The molecule has 1 fully saturated rings. The average molecular weight is 427 g/mol. The molecule has 2 heterocycles. The highest BCUT2D eigenvalue weighted by Crippen LogP contribution is 2.17. The summed E-state index contributed by atoms with van der Waals surface area (Å²) in [5, 5.41) is 13.4. The number of nitrogens with zero attached hydrogens (tertiary/aromatic N) is 4. The Kier molecular flexibility index (Phi) is 7.74. The van der Waals surface area contributed by atoms with Crippen molar-refractivity contribution in [2.75, 3.05) is 37.6 Å². The normalized spacial score (nSPS) is 13.5. The minimum Gasteiger partial charge on any atom is -0.445 e. The second-order valence-corrected chi connectivity index (χ2v) is 7.09. The van der Waals surface area contributed by atoms with Gasteiger partial charge in [-0.05, 0) is 18.1 Å². The zero-order valence-corrected chi connectivity index (χ0v) is 17.1. The predicted molar refractivity (Wildman–Crippen MR) is 114 cm³/mol. The molecular weight excluding hydrogens is 402 g/mol. The molecule has 0 radical (unpaired) electrons. The van der Waals surface area contributed by atoms with Crippen LogP contribution in [0.5, 0.6) is 0 Å². The Bertz CT molecular complexity index is 883. The molecule has 1 N–H and O–H groups in total. The number of pyridine rings is 1. The van der Waals surface area contributed by atoms with Gasteiger partial charge in [0.05, 0.1) is 4.92 Å². The number of anilines is 1. The van der Waals surface area contributed by atoms with E-state index < -0.39 is 11.0 Å². The Morgan fingerprint density at radius 2 is 1.84 bits per heavy atom. The molecule has 10 nitrogen and oxygen atoms in total. The summed E-state index contributed by atoms with van der Waals surface area (Å²) in [7, 11) is 0. The zero-order valence-electron chi connectivity index (χ0n) is 17.1. The number of ether oxygens (including phenoxy) is 1. The number of amides is 2. The van der Waals surface area contributed by atoms with Crippen molar-refractivity contribution in [1.82, 2.24) is 15.2 Å². The molecule has 0 unspecified atom stereocenters. The van der Waals surface area contributed by atoms with Crippen LogP contribution in [0.25, 0.3) is 0 Å². The van der Waals surface area contributed by atoms with Crippen molar-refractivity contribution in [2.24, 2.45) is 0 Å². The van der Waals surface area contributed by atoms with E-state index >= 15 is 0 Å². The van der Waals surface area contributed by atoms with Crippen LogP contribution in [0.1, 0.15) is 18.4 Å². The summed E-state index contributed by atoms with van der Waals surface area (Å²) in [6.45, 7) is 2.92. The van der Waals surface area contributed by atoms with Crippen molar-refractivity contribution < 1.29 is 19.2 Å². The van der Waals surface area contributed by atoms with E-state index in [1.165, 1.54) is 12.3 Å². The van der Waals surface area contributed by atoms with E-state index in [1.807, 2.05) is 35.2 Å². The number of alkyl carbamates (subject to hydrolysis) is 1. The van der Waals surface area contributed by atoms with Gasteiger partial charge in [-0.3, -0.25) is 14.9 Å². The maximum absolute atomic E-state index is 12.4. The maximum atomic E-state index is 12.4. The van der Waals surface area contributed by atoms with Crippen LogP contribution in [0.4, 0.5) is 16.3 Å². The molecule has 0 atom stereocenters. The van der Waals surface area contributed by atoms with Crippen molar-refractivity contribution in [2.45, 2.75) is 19.4 Å². The lowest BCUT2D eigenvalue weighted by Crippen LogP contribution is -2.49. The molecule has 2 amide bonds. The van der Waals surface area contributed by atoms with Crippen molar-refractivity contribution in [3.63, 3.8) is 0 Å². The molecule has 0 bridgehead atoms. The summed E-state index contributed by atoms with van der Waals surface area (Å²) >= 11 is 0. The summed E-state index contributed by atoms with van der Waals surface area (Å²) in [5.74, 6) is 0.701. The number of nitro groups is 1. The number of nitrogens with one attached hydrogen (secondary N) is 1. The van der Waals surface area contributed by atoms with E-state index in [2.05, 4.69) is 10.3 Å². The quantitative estimate of drug-likeness (QED) is 0.390. The number of aromatic nitrogens is 1. The molecular formula is C21H25N5O5. The number of piperazine rings is 1. The zero-order chi connectivity index (χ0) is 22.1. The van der Waals surface area contributed by atoms with Crippen LogP contribution in [-0.4, -0.2) is 59.5 Å². The fraction of sp³-hybridized carbons (Fsp3) is 0.381. The van der Waals surface area contributed by atoms with Crippen molar-refractivity contribution in [1.29, 1.82) is 0 Å². The van der Waals surface area contributed by atoms with E-state index in [9.17, 15) is 19.7 Å². The molecule has 1 saturated heterocycles. The SMILES string of the molecule is O=C(NCCCC(=O)N1CCN(c2ccc([N+](=O)[O-])cn2)CC1)OCc1ccccc1. The Hall–Kier alpha value is -3.69. The lowest BCUT2D eigenvalue weighted by atomic mass is 10.2. The van der Waals surface area contributed by atoms with Gasteiger partial charge in [-0.1, -0.05) is 30.3 Å². The summed E-state index contributed by atoms with van der Waals surface area (Å²) < 4.78 is 5.13. The fourth-order valence-electron chi connectivity index (χ4n) is 3.22. The minimum absolute atomic E-state index is 0.0377. The number of benzene rings is 1. The number of carbonyl (C=O) groups is 2. The summed E-state index contributed by atoms with van der Waals surface area (Å²) in [6, 6.07) is 12.5. The Morgan fingerprint density at radius 3 is 2.48 bits per heavy atom. The molecule has 3 rings (SSSR count). The topological polar surface area (TPSA) is 118 Å². The largest absolute Gasteiger partial charge is 0.445 e. The van der Waals surface area contributed by atoms with Crippen LogP contribution in [0.3, 0.4) is 0 Å². The van der Waals surface area contributed by atoms with Gasteiger partial charge >= 0.3 is 6.09 Å². The molecule has 164 valence electrons. The number of carbonyl (C=O) groups excluding carboxylic acids is 2. The van der Waals surface area contributed by atoms with Crippen molar-refractivity contribution in [3.8, 4) is 0 Å². The first-order chi connectivity index (χ1) is 15.0. The molecule has 0 spiro atoms. The van der Waals surface area contributed by atoms with Crippen LogP contribution in [0, 0.1) is 10.1 Å². The third-order valence-corrected chi connectivity index (χ3v) is 4.95. The van der Waals surface area contributed by atoms with E-state index in [4.69, 9.17) is 4.74 Å². The lowest BCUT2D eigenvalue weighted by Gasteiger charge is -2.35. The summed E-state index contributed by atoms with van der Waals surface area (Å²) in [4.78, 5) is 42.3. The molecule has 1 aromatic heterocycles. The fourth-order valence-corrected chi connectivity index (χ4v) is 3.22. The van der Waals surface area contributed by atoms with Gasteiger partial charge in [0.2, 0.25) is 5.91 Å². The van der Waals surface area contributed by atoms with Gasteiger partial charge in [-0.25, -0.2) is 9.78 Å². The smallest absolute Gasteiger partial charge is 0.407 e. The highest BCUT2D eigenvalue weighted by Gasteiger charge is 2.22. The molecule has 31 heavy (non-hydrogen) atoms. The van der Waals surface area contributed by atoms with Gasteiger partial charge in [0, 0.05) is 45.2 Å². The van der Waals surface area contributed by atoms with Gasteiger partial charge in [-0.2, -0.15) is 0 Å². The Morgan fingerprint density at radius 1 is 1.10 bits per heavy atom. The maximum Gasteiger partial charge on any atom is 0.407 e. The molecule has 0 saturated carbocycles. The van der Waals surface area contributed by atoms with Crippen LogP contribution in [-0.2, 0) is 16.1 Å². The second-order valence-electron chi connectivity index (χ2n) is 7.09. The second kappa shape index (κ2) is 10.9. The van der Waals surface area contributed by atoms with E-state index in [0.29, 0.717) is 51.4 Å². The lowest BCUT2D eigenvalue weighted by molar-refractivity contribution is -0.385. The average Bonchev–Trinajstić information content (AvgIpc) is 2.81. The minimum atomic E-state index is -0.500. The number of hydrogen-bond acceptors (Lipinski definition) is 7. The monoisotopic (exact) mass is 427 g/mol. The predicted octanol–water partition coefficient (Wildman–Crippen LogP) is 2.34. The molecule has 0 aliphatic carbocycles. The molecule has 2 aromatic rings. The first-order valence-corrected chi connectivity index (χ1v) is 10.1. The summed E-state index contributed by atoms with van der Waals surface area (Å²) in [6.07, 6.45) is 1.61. The van der Waals surface area contributed by atoms with Crippen molar-refractivity contribution in [3.05, 3.63) is 64.3 Å².